The Balaban J connectivity index is 2.23. The van der Waals surface area contributed by atoms with E-state index < -0.39 is 0 Å². The molecule has 0 atom stereocenters. The monoisotopic (exact) mass is 291 g/mol. The lowest BCUT2D eigenvalue weighted by atomic mass is 10.2. The second-order valence-corrected chi connectivity index (χ2v) is 4.83. The molecule has 17 heavy (non-hydrogen) atoms. The Bertz CT molecular complexity index is 697. The van der Waals surface area contributed by atoms with E-state index >= 15 is 0 Å². The number of nitrogens with two attached hydrogens (primary N) is 1. The molecule has 0 amide bonds. The number of anilines is 1. The van der Waals surface area contributed by atoms with Crippen LogP contribution >= 0.6 is 15.9 Å². The second-order valence-electron chi connectivity index (χ2n) is 3.91. The topological polar surface area (TPSA) is 83.4 Å². The molecule has 0 aliphatic heterocycles. The van der Waals surface area contributed by atoms with Crippen molar-refractivity contribution in [1.82, 2.24) is 20.2 Å². The largest absolute Gasteiger partial charge is 0.382 e. The van der Waals surface area contributed by atoms with Gasteiger partial charge in [0.25, 0.3) is 0 Å². The summed E-state index contributed by atoms with van der Waals surface area (Å²) >= 11 is 3.46. The molecule has 1 aromatic carbocycles. The number of hydrogen-bond donors (Lipinski definition) is 3. The highest BCUT2D eigenvalue weighted by atomic mass is 79.9. The van der Waals surface area contributed by atoms with E-state index in [1.807, 2.05) is 19.1 Å². The van der Waals surface area contributed by atoms with Crippen LogP contribution in [0.25, 0.3) is 22.6 Å². The third kappa shape index (κ3) is 1.70. The number of nitrogens with one attached hydrogen (secondary N) is 2. The van der Waals surface area contributed by atoms with Crippen molar-refractivity contribution in [2.45, 2.75) is 6.92 Å². The number of fused-ring (bicyclic) bond motifs is 1. The molecule has 86 valence electrons. The summed E-state index contributed by atoms with van der Waals surface area (Å²) in [5.41, 5.74) is 9.42. The van der Waals surface area contributed by atoms with Gasteiger partial charge in [-0.1, -0.05) is 15.9 Å². The van der Waals surface area contributed by atoms with E-state index in [0.29, 0.717) is 5.82 Å². The van der Waals surface area contributed by atoms with Crippen LogP contribution in [-0.2, 0) is 0 Å². The van der Waals surface area contributed by atoms with Gasteiger partial charge in [-0.3, -0.25) is 5.10 Å². The predicted molar refractivity (Wildman–Crippen MR) is 70.5 cm³/mol. The number of H-pyrrole nitrogens is 2. The van der Waals surface area contributed by atoms with Gasteiger partial charge in [-0.15, -0.1) is 0 Å². The van der Waals surface area contributed by atoms with Gasteiger partial charge in [-0.05, 0) is 24.6 Å². The molecular formula is C11H10BrN5. The Hall–Kier alpha value is -1.82. The molecule has 3 aromatic rings. The van der Waals surface area contributed by atoms with Gasteiger partial charge in [0.15, 0.2) is 5.82 Å². The summed E-state index contributed by atoms with van der Waals surface area (Å²) in [6.07, 6.45) is 0. The molecule has 3 rings (SSSR count). The standard InChI is InChI=1S/C11H10BrN5/c1-5-2-6(12)3-7-10(5)15-11(14-7)8-4-9(13)17-16-8/h2-4H,1H3,(H,14,15)(H3,13,16,17). The van der Waals surface area contributed by atoms with Gasteiger partial charge in [0.2, 0.25) is 0 Å². The summed E-state index contributed by atoms with van der Waals surface area (Å²) in [7, 11) is 0. The zero-order valence-corrected chi connectivity index (χ0v) is 10.7. The third-order valence-corrected chi connectivity index (χ3v) is 3.05. The SMILES string of the molecule is Cc1cc(Br)cc2[nH]c(-c3cc(N)n[nH]3)nc12. The highest BCUT2D eigenvalue weighted by Crippen LogP contribution is 2.25. The second kappa shape index (κ2) is 3.59. The van der Waals surface area contributed by atoms with Gasteiger partial charge < -0.3 is 10.7 Å². The van der Waals surface area contributed by atoms with Gasteiger partial charge in [0, 0.05) is 10.5 Å². The third-order valence-electron chi connectivity index (χ3n) is 2.59. The Morgan fingerprint density at radius 3 is 2.82 bits per heavy atom. The molecule has 0 radical (unpaired) electrons. The van der Waals surface area contributed by atoms with E-state index in [1.165, 1.54) is 0 Å². The zero-order chi connectivity index (χ0) is 12.0. The number of nitrogen functional groups attached to an aromatic ring is 1. The van der Waals surface area contributed by atoms with Crippen molar-refractivity contribution in [2.75, 3.05) is 5.73 Å². The van der Waals surface area contributed by atoms with E-state index in [4.69, 9.17) is 5.73 Å². The number of rotatable bonds is 1. The van der Waals surface area contributed by atoms with Crippen LogP contribution in [-0.4, -0.2) is 20.2 Å². The van der Waals surface area contributed by atoms with Crippen molar-refractivity contribution in [3.8, 4) is 11.5 Å². The minimum absolute atomic E-state index is 0.457. The first kappa shape index (κ1) is 10.3. The molecule has 6 heteroatoms. The van der Waals surface area contributed by atoms with Crippen molar-refractivity contribution < 1.29 is 0 Å². The van der Waals surface area contributed by atoms with Crippen LogP contribution in [0.1, 0.15) is 5.56 Å². The molecular weight excluding hydrogens is 282 g/mol. The van der Waals surface area contributed by atoms with Crippen molar-refractivity contribution in [3.63, 3.8) is 0 Å². The molecule has 0 saturated carbocycles. The number of nitrogens with zero attached hydrogens (tertiary/aromatic N) is 2. The van der Waals surface area contributed by atoms with Gasteiger partial charge in [0.1, 0.15) is 11.5 Å². The number of aryl methyl sites for hydroxylation is 1. The van der Waals surface area contributed by atoms with E-state index in [2.05, 4.69) is 36.1 Å². The Morgan fingerprint density at radius 1 is 1.29 bits per heavy atom. The van der Waals surface area contributed by atoms with E-state index in [1.54, 1.807) is 6.07 Å². The number of aromatic amines is 2. The summed E-state index contributed by atoms with van der Waals surface area (Å²) < 4.78 is 1.03. The number of imidazole rings is 1. The van der Waals surface area contributed by atoms with Gasteiger partial charge in [-0.2, -0.15) is 5.10 Å². The molecule has 5 nitrogen and oxygen atoms in total. The summed E-state index contributed by atoms with van der Waals surface area (Å²) in [5, 5.41) is 6.72. The summed E-state index contributed by atoms with van der Waals surface area (Å²) in [6, 6.07) is 5.79. The lowest BCUT2D eigenvalue weighted by Crippen LogP contribution is -1.81. The van der Waals surface area contributed by atoms with Crippen LogP contribution in [0.5, 0.6) is 0 Å². The number of benzene rings is 1. The van der Waals surface area contributed by atoms with Crippen LogP contribution in [0, 0.1) is 6.92 Å². The maximum absolute atomic E-state index is 5.57. The Morgan fingerprint density at radius 2 is 2.12 bits per heavy atom. The smallest absolute Gasteiger partial charge is 0.156 e. The molecule has 0 aliphatic carbocycles. The van der Waals surface area contributed by atoms with Crippen LogP contribution in [0.15, 0.2) is 22.7 Å². The van der Waals surface area contributed by atoms with Gasteiger partial charge in [0.05, 0.1) is 11.0 Å². The Labute approximate surface area is 106 Å². The fourth-order valence-electron chi connectivity index (χ4n) is 1.83. The summed E-state index contributed by atoms with van der Waals surface area (Å²) in [6.45, 7) is 2.03. The highest BCUT2D eigenvalue weighted by molar-refractivity contribution is 9.10. The number of halogens is 1. The molecule has 4 N–H and O–H groups in total. The van der Waals surface area contributed by atoms with E-state index in [-0.39, 0.29) is 0 Å². The van der Waals surface area contributed by atoms with Crippen molar-refractivity contribution in [1.29, 1.82) is 0 Å². The van der Waals surface area contributed by atoms with Gasteiger partial charge >= 0.3 is 0 Å². The molecule has 0 unspecified atom stereocenters. The minimum atomic E-state index is 0.457. The minimum Gasteiger partial charge on any atom is -0.382 e. The molecule has 0 bridgehead atoms. The maximum Gasteiger partial charge on any atom is 0.156 e. The summed E-state index contributed by atoms with van der Waals surface area (Å²) in [4.78, 5) is 7.77. The lowest BCUT2D eigenvalue weighted by Gasteiger charge is -1.94. The fraction of sp³-hybridized carbons (Fsp3) is 0.0909. The summed E-state index contributed by atoms with van der Waals surface area (Å²) in [5.74, 6) is 1.20. The first-order valence-electron chi connectivity index (χ1n) is 5.10. The number of hydrogen-bond acceptors (Lipinski definition) is 3. The van der Waals surface area contributed by atoms with Gasteiger partial charge in [-0.25, -0.2) is 4.98 Å². The molecule has 0 saturated heterocycles. The fourth-order valence-corrected chi connectivity index (χ4v) is 2.40. The molecule has 0 fully saturated rings. The first-order valence-corrected chi connectivity index (χ1v) is 5.90. The van der Waals surface area contributed by atoms with Crippen LogP contribution in [0.3, 0.4) is 0 Å². The van der Waals surface area contributed by atoms with Crippen molar-refractivity contribution in [3.05, 3.63) is 28.2 Å². The Kier molecular flexibility index (Phi) is 2.19. The van der Waals surface area contributed by atoms with Crippen LogP contribution < -0.4 is 5.73 Å². The first-order chi connectivity index (χ1) is 8.13. The average molecular weight is 292 g/mol. The lowest BCUT2D eigenvalue weighted by molar-refractivity contribution is 1.09. The molecule has 0 aliphatic rings. The normalized spacial score (nSPS) is 11.2. The van der Waals surface area contributed by atoms with Crippen LogP contribution in [0.2, 0.25) is 0 Å². The van der Waals surface area contributed by atoms with Crippen LogP contribution in [0.4, 0.5) is 5.82 Å². The highest BCUT2D eigenvalue weighted by Gasteiger charge is 2.09. The predicted octanol–water partition coefficient (Wildman–Crippen LogP) is 2.61. The van der Waals surface area contributed by atoms with E-state index in [9.17, 15) is 0 Å². The maximum atomic E-state index is 5.57. The number of aromatic nitrogens is 4. The average Bonchev–Trinajstić information content (AvgIpc) is 2.83. The zero-order valence-electron chi connectivity index (χ0n) is 9.08. The van der Waals surface area contributed by atoms with E-state index in [0.717, 1.165) is 32.6 Å². The van der Waals surface area contributed by atoms with Crippen molar-refractivity contribution in [2.24, 2.45) is 0 Å². The van der Waals surface area contributed by atoms with Crippen molar-refractivity contribution >= 4 is 32.8 Å². The quantitative estimate of drug-likeness (QED) is 0.644. The molecule has 2 aromatic heterocycles. The molecule has 2 heterocycles. The molecule has 0 spiro atoms.